The predicted molar refractivity (Wildman–Crippen MR) is 268 cm³/mol. The van der Waals surface area contributed by atoms with Crippen LogP contribution in [0.15, 0.2) is 181 Å². The second kappa shape index (κ2) is 14.1. The highest BCUT2D eigenvalue weighted by molar-refractivity contribution is 6.09. The van der Waals surface area contributed by atoms with Crippen molar-refractivity contribution in [3.63, 3.8) is 0 Å². The van der Waals surface area contributed by atoms with Gasteiger partial charge >= 0.3 is 0 Å². The van der Waals surface area contributed by atoms with Crippen molar-refractivity contribution >= 4 is 56.4 Å². The predicted octanol–water partition coefficient (Wildman–Crippen LogP) is 14.5. The molecular weight excluding hydrogens is 761 g/mol. The molecule has 2 heteroatoms. The third-order valence-electron chi connectivity index (χ3n) is 14.9. The molecule has 2 aliphatic heterocycles. The van der Waals surface area contributed by atoms with Gasteiger partial charge in [-0.1, -0.05) is 173 Å². The first-order valence-corrected chi connectivity index (χ1v) is 22.9. The Labute approximate surface area is 371 Å². The minimum atomic E-state index is -0.134. The molecule has 8 aromatic rings. The monoisotopic (exact) mass is 812 g/mol. The number of benzene rings is 8. The van der Waals surface area contributed by atoms with Gasteiger partial charge in [0.1, 0.15) is 0 Å². The molecule has 0 saturated heterocycles. The minimum absolute atomic E-state index is 0.0652. The van der Waals surface area contributed by atoms with Gasteiger partial charge in [-0.05, 0) is 145 Å². The molecule has 0 spiro atoms. The van der Waals surface area contributed by atoms with E-state index in [-0.39, 0.29) is 16.9 Å². The molecule has 4 aliphatic rings. The van der Waals surface area contributed by atoms with E-state index < -0.39 is 0 Å². The number of aryl methyl sites for hydroxylation is 1. The zero-order valence-corrected chi connectivity index (χ0v) is 36.9. The molecular formula is C61H52N2. The lowest BCUT2D eigenvalue weighted by molar-refractivity contribution is 0.582. The van der Waals surface area contributed by atoms with E-state index >= 15 is 0 Å². The number of hydrogen-bond acceptors (Lipinski definition) is 2. The van der Waals surface area contributed by atoms with Crippen LogP contribution in [0.4, 0.5) is 22.7 Å². The fourth-order valence-corrected chi connectivity index (χ4v) is 11.8. The van der Waals surface area contributed by atoms with Crippen LogP contribution in [0.1, 0.15) is 69.2 Å². The van der Waals surface area contributed by atoms with Crippen molar-refractivity contribution in [2.24, 2.45) is 0 Å². The molecule has 306 valence electrons. The van der Waals surface area contributed by atoms with Crippen LogP contribution in [-0.4, -0.2) is 6.04 Å². The van der Waals surface area contributed by atoms with Crippen LogP contribution in [0.2, 0.25) is 0 Å². The molecule has 0 saturated carbocycles. The Hall–Kier alpha value is -6.90. The van der Waals surface area contributed by atoms with Gasteiger partial charge < -0.3 is 9.80 Å². The van der Waals surface area contributed by atoms with Crippen molar-refractivity contribution in [3.05, 3.63) is 214 Å². The smallest absolute Gasteiger partial charge is 0.0563 e. The molecule has 12 rings (SSSR count). The molecule has 0 N–H and O–H groups in total. The minimum Gasteiger partial charge on any atom is -0.337 e. The Morgan fingerprint density at radius 2 is 1.21 bits per heavy atom. The van der Waals surface area contributed by atoms with Crippen LogP contribution in [-0.2, 0) is 10.8 Å². The van der Waals surface area contributed by atoms with E-state index in [9.17, 15) is 0 Å². The summed E-state index contributed by atoms with van der Waals surface area (Å²) in [5, 5.41) is 7.72. The molecule has 0 radical (unpaired) electrons. The van der Waals surface area contributed by atoms with Gasteiger partial charge in [-0.25, -0.2) is 0 Å². The summed E-state index contributed by atoms with van der Waals surface area (Å²) < 4.78 is 0. The van der Waals surface area contributed by atoms with Crippen LogP contribution < -0.4 is 20.2 Å². The summed E-state index contributed by atoms with van der Waals surface area (Å²) in [4.78, 5) is 5.23. The van der Waals surface area contributed by atoms with Gasteiger partial charge in [-0.15, -0.1) is 0 Å². The second-order valence-corrected chi connectivity index (χ2v) is 19.2. The maximum atomic E-state index is 2.72. The molecule has 2 heterocycles. The lowest BCUT2D eigenvalue weighted by Crippen LogP contribution is -2.45. The van der Waals surface area contributed by atoms with E-state index in [1.165, 1.54) is 111 Å². The van der Waals surface area contributed by atoms with Gasteiger partial charge in [-0.2, -0.15) is 0 Å². The summed E-state index contributed by atoms with van der Waals surface area (Å²) in [6.45, 7) is 11.8. The number of anilines is 4. The van der Waals surface area contributed by atoms with Gasteiger partial charge in [0, 0.05) is 27.9 Å². The van der Waals surface area contributed by atoms with Crippen molar-refractivity contribution < 1.29 is 0 Å². The molecule has 2 nitrogen and oxygen atoms in total. The summed E-state index contributed by atoms with van der Waals surface area (Å²) in [5.41, 5.74) is 18.3. The average Bonchev–Trinajstić information content (AvgIpc) is 3.31. The van der Waals surface area contributed by atoms with Crippen LogP contribution in [0.3, 0.4) is 0 Å². The van der Waals surface area contributed by atoms with Gasteiger partial charge in [0.25, 0.3) is 0 Å². The van der Waals surface area contributed by atoms with E-state index in [1.54, 1.807) is 0 Å². The first-order chi connectivity index (χ1) is 30.7. The number of allylic oxidation sites excluding steroid dienone is 4. The highest BCUT2D eigenvalue weighted by Gasteiger charge is 2.40. The maximum Gasteiger partial charge on any atom is 0.0563 e. The van der Waals surface area contributed by atoms with Crippen molar-refractivity contribution in [1.82, 2.24) is 0 Å². The van der Waals surface area contributed by atoms with Gasteiger partial charge in [0.2, 0.25) is 0 Å². The molecule has 8 aromatic carbocycles. The molecule has 0 amide bonds. The summed E-state index contributed by atoms with van der Waals surface area (Å²) in [5.74, 6) is 0. The molecule has 0 bridgehead atoms. The van der Waals surface area contributed by atoms with E-state index in [1.807, 2.05) is 0 Å². The van der Waals surface area contributed by atoms with Crippen molar-refractivity contribution in [1.29, 1.82) is 0 Å². The highest BCUT2D eigenvalue weighted by Crippen LogP contribution is 2.53. The van der Waals surface area contributed by atoms with Crippen LogP contribution in [0, 0.1) is 6.92 Å². The Kier molecular flexibility index (Phi) is 8.44. The first-order valence-electron chi connectivity index (χ1n) is 22.9. The van der Waals surface area contributed by atoms with E-state index in [0.29, 0.717) is 0 Å². The Balaban J connectivity index is 1.18. The van der Waals surface area contributed by atoms with Crippen LogP contribution in [0.25, 0.3) is 56.0 Å². The van der Waals surface area contributed by atoms with E-state index in [2.05, 4.69) is 226 Å². The summed E-state index contributed by atoms with van der Waals surface area (Å²) in [7, 11) is 0. The van der Waals surface area contributed by atoms with Crippen molar-refractivity contribution in [2.45, 2.75) is 70.8 Å². The Morgan fingerprint density at radius 3 is 1.95 bits per heavy atom. The highest BCUT2D eigenvalue weighted by atomic mass is 15.2. The van der Waals surface area contributed by atoms with Gasteiger partial charge in [0.15, 0.2) is 0 Å². The molecule has 1 atom stereocenters. The number of fused-ring (bicyclic) bond motifs is 6. The number of para-hydroxylation sites is 3. The number of hydrogen-bond donors (Lipinski definition) is 0. The number of rotatable bonds is 4. The normalized spacial score (nSPS) is 17.9. The summed E-state index contributed by atoms with van der Waals surface area (Å²) in [6, 6.07) is 59.6. The lowest BCUT2D eigenvalue weighted by atomic mass is 9.71. The topological polar surface area (TPSA) is 6.48 Å². The zero-order valence-electron chi connectivity index (χ0n) is 36.9. The Morgan fingerprint density at radius 1 is 0.556 bits per heavy atom. The zero-order chi connectivity index (χ0) is 42.6. The molecule has 63 heavy (non-hydrogen) atoms. The third-order valence-corrected chi connectivity index (χ3v) is 14.9. The summed E-state index contributed by atoms with van der Waals surface area (Å²) in [6.07, 6.45) is 13.1. The van der Waals surface area contributed by atoms with Crippen molar-refractivity contribution in [2.75, 3.05) is 9.80 Å². The molecule has 1 unspecified atom stereocenters. The standard InChI is InChI=1S/C61H52N2/c1-39-18-6-9-21-45(39)59-47-35-33-43(62-54-26-14-10-22-50(54)60(2,3)51-23-11-15-27-55(51)62)37-48(47)58(42-31-30-40-19-7-8-20-41(40)36-42)46-34-32-44(38-49(46)59)63-56-28-16-12-24-52(56)61(4,5)53-25-13-17-29-57(53)63/h6-16,18-28,30-31,33-38,44H,17,29,32H2,1-5H3. The van der Waals surface area contributed by atoms with Gasteiger partial charge in [0.05, 0.1) is 17.4 Å². The molecule has 0 fully saturated rings. The Bertz CT molecular complexity index is 3360. The van der Waals surface area contributed by atoms with Crippen molar-refractivity contribution in [3.8, 4) is 22.3 Å². The van der Waals surface area contributed by atoms with Gasteiger partial charge in [-0.3, -0.25) is 0 Å². The second-order valence-electron chi connectivity index (χ2n) is 19.2. The molecule has 2 aliphatic carbocycles. The number of nitrogens with zero attached hydrogens (tertiary/aromatic N) is 2. The van der Waals surface area contributed by atoms with E-state index in [4.69, 9.17) is 0 Å². The fourth-order valence-electron chi connectivity index (χ4n) is 11.8. The SMILES string of the molecule is Cc1ccccc1-c1c2c(c(-c3ccc4ccccc4c3)c3cc(N4c5ccccc5C(C)(C)c5ccccc54)ccc13)=CCC(N1C3=C(C=CCC3)C(C)(C)c3ccccc31)C=2. The molecule has 0 aromatic heterocycles. The lowest BCUT2D eigenvalue weighted by Gasteiger charge is -2.47. The average molecular weight is 813 g/mol. The van der Waals surface area contributed by atoms with Crippen LogP contribution in [0.5, 0.6) is 0 Å². The quantitative estimate of drug-likeness (QED) is 0.175. The summed E-state index contributed by atoms with van der Waals surface area (Å²) >= 11 is 0. The van der Waals surface area contributed by atoms with Crippen LogP contribution >= 0.6 is 0 Å². The van der Waals surface area contributed by atoms with E-state index in [0.717, 1.165) is 19.3 Å². The maximum absolute atomic E-state index is 2.72. The first kappa shape index (κ1) is 37.8. The largest absolute Gasteiger partial charge is 0.337 e. The third kappa shape index (κ3) is 5.63. The fraction of sp³-hybridized carbons (Fsp3) is 0.180.